The standard InChI is InChI=1S/C15H18FN5OS/c1-10(2)12-17-5-3-11(19-12)21-7-4-15(16,9-21)13(22)20-14-18-6-8-23-14/h3,5-6,8,10H,4,7,9H2,1-2H3,(H,18,20,22). The summed E-state index contributed by atoms with van der Waals surface area (Å²) in [5.74, 6) is 0.922. The first-order valence-corrected chi connectivity index (χ1v) is 8.34. The average molecular weight is 335 g/mol. The molecule has 2 aromatic heterocycles. The predicted molar refractivity (Wildman–Crippen MR) is 87.5 cm³/mol. The van der Waals surface area contributed by atoms with E-state index < -0.39 is 11.6 Å². The molecular formula is C15H18FN5OS. The number of hydrogen-bond donors (Lipinski definition) is 1. The van der Waals surface area contributed by atoms with E-state index in [1.807, 2.05) is 13.8 Å². The third-order valence-corrected chi connectivity index (χ3v) is 4.47. The van der Waals surface area contributed by atoms with Gasteiger partial charge in [-0.05, 0) is 6.07 Å². The summed E-state index contributed by atoms with van der Waals surface area (Å²) in [7, 11) is 0. The lowest BCUT2D eigenvalue weighted by Crippen LogP contribution is -2.41. The number of anilines is 2. The molecule has 0 saturated carbocycles. The van der Waals surface area contributed by atoms with E-state index >= 15 is 0 Å². The average Bonchev–Trinajstić information content (AvgIpc) is 3.18. The van der Waals surface area contributed by atoms with Gasteiger partial charge in [0.1, 0.15) is 11.6 Å². The molecule has 0 aliphatic carbocycles. The van der Waals surface area contributed by atoms with Crippen LogP contribution in [0.3, 0.4) is 0 Å². The van der Waals surface area contributed by atoms with E-state index in [0.717, 1.165) is 0 Å². The van der Waals surface area contributed by atoms with Crippen LogP contribution < -0.4 is 10.2 Å². The Hall–Kier alpha value is -2.09. The number of aromatic nitrogens is 3. The quantitative estimate of drug-likeness (QED) is 0.930. The lowest BCUT2D eigenvalue weighted by atomic mass is 10.1. The minimum Gasteiger partial charge on any atom is -0.353 e. The molecule has 122 valence electrons. The minimum absolute atomic E-state index is 0.0151. The molecule has 1 atom stereocenters. The number of nitrogens with one attached hydrogen (secondary N) is 1. The summed E-state index contributed by atoms with van der Waals surface area (Å²) in [6.07, 6.45) is 3.37. The lowest BCUT2D eigenvalue weighted by Gasteiger charge is -2.21. The normalized spacial score (nSPS) is 21.0. The molecule has 1 unspecified atom stereocenters. The molecule has 3 rings (SSSR count). The van der Waals surface area contributed by atoms with E-state index in [4.69, 9.17) is 0 Å². The van der Waals surface area contributed by atoms with Crippen LogP contribution in [0.2, 0.25) is 0 Å². The second kappa shape index (κ2) is 6.19. The van der Waals surface area contributed by atoms with Crippen molar-refractivity contribution in [2.24, 2.45) is 0 Å². The Labute approximate surface area is 137 Å². The van der Waals surface area contributed by atoms with Crippen LogP contribution in [0.25, 0.3) is 0 Å². The molecule has 1 saturated heterocycles. The molecule has 3 heterocycles. The smallest absolute Gasteiger partial charge is 0.265 e. The van der Waals surface area contributed by atoms with Gasteiger partial charge in [-0.25, -0.2) is 19.3 Å². The number of carbonyl (C=O) groups is 1. The van der Waals surface area contributed by atoms with Gasteiger partial charge in [0, 0.05) is 36.7 Å². The fraction of sp³-hybridized carbons (Fsp3) is 0.467. The zero-order chi connectivity index (χ0) is 16.4. The van der Waals surface area contributed by atoms with Crippen LogP contribution in [0.1, 0.15) is 32.0 Å². The largest absolute Gasteiger partial charge is 0.353 e. The van der Waals surface area contributed by atoms with Crippen molar-refractivity contribution < 1.29 is 9.18 Å². The van der Waals surface area contributed by atoms with Gasteiger partial charge >= 0.3 is 0 Å². The van der Waals surface area contributed by atoms with Crippen molar-refractivity contribution in [2.75, 3.05) is 23.3 Å². The van der Waals surface area contributed by atoms with Gasteiger partial charge in [0.25, 0.3) is 5.91 Å². The summed E-state index contributed by atoms with van der Waals surface area (Å²) in [6.45, 7) is 4.43. The SMILES string of the molecule is CC(C)c1nccc(N2CCC(F)(C(=O)Nc3nccs3)C2)n1. The number of alkyl halides is 1. The highest BCUT2D eigenvalue weighted by molar-refractivity contribution is 7.13. The topological polar surface area (TPSA) is 71.0 Å². The second-order valence-corrected chi connectivity index (χ2v) is 6.75. The van der Waals surface area contributed by atoms with Gasteiger partial charge in [-0.15, -0.1) is 11.3 Å². The number of rotatable bonds is 4. The third-order valence-electron chi connectivity index (χ3n) is 3.78. The van der Waals surface area contributed by atoms with E-state index in [0.29, 0.717) is 23.3 Å². The first-order chi connectivity index (χ1) is 11.0. The number of thiazole rings is 1. The molecule has 1 aliphatic rings. The molecule has 1 N–H and O–H groups in total. The zero-order valence-electron chi connectivity index (χ0n) is 13.0. The van der Waals surface area contributed by atoms with Crippen LogP contribution in [0.5, 0.6) is 0 Å². The van der Waals surface area contributed by atoms with E-state index in [-0.39, 0.29) is 18.9 Å². The second-order valence-electron chi connectivity index (χ2n) is 5.86. The van der Waals surface area contributed by atoms with Crippen LogP contribution in [0, 0.1) is 0 Å². The van der Waals surface area contributed by atoms with E-state index in [9.17, 15) is 9.18 Å². The van der Waals surface area contributed by atoms with Crippen LogP contribution in [-0.4, -0.2) is 39.6 Å². The molecule has 8 heteroatoms. The molecule has 0 bridgehead atoms. The fourth-order valence-electron chi connectivity index (χ4n) is 2.47. The summed E-state index contributed by atoms with van der Waals surface area (Å²) in [6, 6.07) is 1.75. The fourth-order valence-corrected chi connectivity index (χ4v) is 2.99. The molecule has 6 nitrogen and oxygen atoms in total. The van der Waals surface area contributed by atoms with Crippen molar-refractivity contribution in [3.05, 3.63) is 29.7 Å². The number of carbonyl (C=O) groups excluding carboxylic acids is 1. The Balaban J connectivity index is 1.72. The number of halogens is 1. The molecule has 1 aliphatic heterocycles. The van der Waals surface area contributed by atoms with Crippen molar-refractivity contribution in [1.29, 1.82) is 0 Å². The maximum atomic E-state index is 15.0. The Morgan fingerprint density at radius 2 is 2.26 bits per heavy atom. The van der Waals surface area contributed by atoms with Gasteiger partial charge in [0.05, 0.1) is 6.54 Å². The van der Waals surface area contributed by atoms with Crippen molar-refractivity contribution in [1.82, 2.24) is 15.0 Å². The van der Waals surface area contributed by atoms with Gasteiger partial charge in [0.2, 0.25) is 5.67 Å². The van der Waals surface area contributed by atoms with Crippen LogP contribution in [-0.2, 0) is 4.79 Å². The van der Waals surface area contributed by atoms with Crippen molar-refractivity contribution in [2.45, 2.75) is 31.9 Å². The first-order valence-electron chi connectivity index (χ1n) is 7.46. The van der Waals surface area contributed by atoms with Crippen LogP contribution >= 0.6 is 11.3 Å². The molecule has 0 spiro atoms. The maximum Gasteiger partial charge on any atom is 0.265 e. The summed E-state index contributed by atoms with van der Waals surface area (Å²) in [5, 5.41) is 4.68. The summed E-state index contributed by atoms with van der Waals surface area (Å²) < 4.78 is 15.0. The maximum absolute atomic E-state index is 15.0. The first kappa shape index (κ1) is 15.8. The highest BCUT2D eigenvalue weighted by Crippen LogP contribution is 2.30. The zero-order valence-corrected chi connectivity index (χ0v) is 13.8. The molecule has 1 fully saturated rings. The van der Waals surface area contributed by atoms with E-state index in [2.05, 4.69) is 20.3 Å². The number of amides is 1. The Bertz CT molecular complexity index is 693. The molecule has 0 aromatic carbocycles. The number of hydrogen-bond acceptors (Lipinski definition) is 6. The number of nitrogens with zero attached hydrogens (tertiary/aromatic N) is 4. The van der Waals surface area contributed by atoms with Crippen molar-refractivity contribution in [3.63, 3.8) is 0 Å². The van der Waals surface area contributed by atoms with Crippen LogP contribution in [0.4, 0.5) is 15.3 Å². The molecule has 23 heavy (non-hydrogen) atoms. The van der Waals surface area contributed by atoms with Gasteiger partial charge in [0.15, 0.2) is 5.13 Å². The molecule has 1 amide bonds. The van der Waals surface area contributed by atoms with Gasteiger partial charge < -0.3 is 4.90 Å². The lowest BCUT2D eigenvalue weighted by molar-refractivity contribution is -0.126. The third kappa shape index (κ3) is 3.31. The van der Waals surface area contributed by atoms with Crippen molar-refractivity contribution >= 4 is 28.2 Å². The predicted octanol–water partition coefficient (Wildman–Crippen LogP) is 2.61. The van der Waals surface area contributed by atoms with Crippen LogP contribution in [0.15, 0.2) is 23.8 Å². The van der Waals surface area contributed by atoms with Crippen molar-refractivity contribution in [3.8, 4) is 0 Å². The highest BCUT2D eigenvalue weighted by atomic mass is 32.1. The summed E-state index contributed by atoms with van der Waals surface area (Å²) >= 11 is 1.27. The van der Waals surface area contributed by atoms with Gasteiger partial charge in [-0.3, -0.25) is 10.1 Å². The van der Waals surface area contributed by atoms with E-state index in [1.54, 1.807) is 28.7 Å². The molecular weight excluding hydrogens is 317 g/mol. The van der Waals surface area contributed by atoms with Gasteiger partial charge in [-0.1, -0.05) is 13.8 Å². The van der Waals surface area contributed by atoms with E-state index in [1.165, 1.54) is 11.3 Å². The summed E-state index contributed by atoms with van der Waals surface area (Å²) in [4.78, 5) is 26.6. The molecule has 0 radical (unpaired) electrons. The van der Waals surface area contributed by atoms with Gasteiger partial charge in [-0.2, -0.15) is 0 Å². The summed E-state index contributed by atoms with van der Waals surface area (Å²) in [5.41, 5.74) is -1.94. The Morgan fingerprint density at radius 1 is 1.43 bits per heavy atom. The highest BCUT2D eigenvalue weighted by Gasteiger charge is 2.46. The Morgan fingerprint density at radius 3 is 2.96 bits per heavy atom. The molecule has 2 aromatic rings. The minimum atomic E-state index is -1.94. The Kier molecular flexibility index (Phi) is 4.25. The monoisotopic (exact) mass is 335 g/mol.